The minimum atomic E-state index is -3.77. The molecule has 1 amide bonds. The Balaban J connectivity index is 2.06. The Bertz CT molecular complexity index is 937. The van der Waals surface area contributed by atoms with E-state index in [1.807, 2.05) is 37.3 Å². The molecule has 0 aliphatic rings. The van der Waals surface area contributed by atoms with Gasteiger partial charge in [0.2, 0.25) is 15.9 Å². The first-order valence-electron chi connectivity index (χ1n) is 8.53. The van der Waals surface area contributed by atoms with E-state index in [2.05, 4.69) is 5.32 Å². The molecule has 0 aromatic heterocycles. The third-order valence-corrected chi connectivity index (χ3v) is 6.21. The van der Waals surface area contributed by atoms with Crippen molar-refractivity contribution in [2.45, 2.75) is 25.8 Å². The van der Waals surface area contributed by atoms with E-state index >= 15 is 0 Å². The highest BCUT2D eigenvalue weighted by Gasteiger charge is 2.24. The summed E-state index contributed by atoms with van der Waals surface area (Å²) in [6.07, 6.45) is 2.52. The van der Waals surface area contributed by atoms with Crippen molar-refractivity contribution in [1.29, 1.82) is 0 Å². The molecule has 0 unspecified atom stereocenters. The number of rotatable bonds is 8. The fourth-order valence-electron chi connectivity index (χ4n) is 2.64. The minimum absolute atomic E-state index is 0.0877. The zero-order valence-corrected chi connectivity index (χ0v) is 18.5. The number of carbonyl (C=O) groups is 1. The quantitative estimate of drug-likeness (QED) is 0.584. The van der Waals surface area contributed by atoms with E-state index in [4.69, 9.17) is 34.8 Å². The Hall–Kier alpha value is -1.47. The lowest BCUT2D eigenvalue weighted by Gasteiger charge is -2.24. The molecular formula is C19H21Cl3N2O3S. The number of carbonyl (C=O) groups excluding carboxylic acids is 1. The summed E-state index contributed by atoms with van der Waals surface area (Å²) in [6, 6.07) is 12.5. The van der Waals surface area contributed by atoms with Gasteiger partial charge in [0.05, 0.1) is 27.0 Å². The van der Waals surface area contributed by atoms with Gasteiger partial charge >= 0.3 is 0 Å². The Morgan fingerprint density at radius 1 is 1.07 bits per heavy atom. The number of nitrogens with zero attached hydrogens (tertiary/aromatic N) is 1. The lowest BCUT2D eigenvalue weighted by Crippen LogP contribution is -2.43. The Labute approximate surface area is 180 Å². The molecule has 2 aromatic carbocycles. The summed E-state index contributed by atoms with van der Waals surface area (Å²) in [4.78, 5) is 12.4. The van der Waals surface area contributed by atoms with Crippen LogP contribution in [0.4, 0.5) is 5.69 Å². The Morgan fingerprint density at radius 2 is 1.68 bits per heavy atom. The monoisotopic (exact) mass is 462 g/mol. The van der Waals surface area contributed by atoms with Crippen LogP contribution in [0.25, 0.3) is 0 Å². The van der Waals surface area contributed by atoms with Crippen LogP contribution in [-0.2, 0) is 21.2 Å². The van der Waals surface area contributed by atoms with Gasteiger partial charge < -0.3 is 5.32 Å². The third-order valence-electron chi connectivity index (χ3n) is 4.06. The average Bonchev–Trinajstić information content (AvgIpc) is 2.61. The summed E-state index contributed by atoms with van der Waals surface area (Å²) in [5.74, 6) is -0.437. The van der Waals surface area contributed by atoms with Crippen LogP contribution in [-0.4, -0.2) is 33.2 Å². The van der Waals surface area contributed by atoms with Gasteiger partial charge in [0.25, 0.3) is 0 Å². The highest BCUT2D eigenvalue weighted by molar-refractivity contribution is 7.92. The van der Waals surface area contributed by atoms with Crippen molar-refractivity contribution in [3.05, 3.63) is 63.1 Å². The Kier molecular flexibility index (Phi) is 8.01. The molecule has 2 rings (SSSR count). The molecular weight excluding hydrogens is 443 g/mol. The highest BCUT2D eigenvalue weighted by Crippen LogP contribution is 2.35. The summed E-state index contributed by atoms with van der Waals surface area (Å²) in [5, 5.41) is 3.25. The number of halogens is 3. The molecule has 0 saturated heterocycles. The van der Waals surface area contributed by atoms with E-state index in [1.54, 1.807) is 0 Å². The van der Waals surface area contributed by atoms with Crippen molar-refractivity contribution in [3.8, 4) is 0 Å². The SMILES string of the molecule is C[C@@H](CCc1ccccc1)NC(=O)CN(c1cc(Cl)c(Cl)cc1Cl)S(C)(=O)=O. The van der Waals surface area contributed by atoms with E-state index in [0.717, 1.165) is 23.4 Å². The summed E-state index contributed by atoms with van der Waals surface area (Å²) in [6.45, 7) is 1.46. The molecule has 0 heterocycles. The average molecular weight is 464 g/mol. The second kappa shape index (κ2) is 9.83. The first-order valence-corrected chi connectivity index (χ1v) is 11.5. The number of sulfonamides is 1. The van der Waals surface area contributed by atoms with Gasteiger partial charge in [0.15, 0.2) is 0 Å². The molecule has 0 spiro atoms. The summed E-state index contributed by atoms with van der Waals surface area (Å²) < 4.78 is 25.4. The zero-order valence-electron chi connectivity index (χ0n) is 15.5. The summed E-state index contributed by atoms with van der Waals surface area (Å²) in [7, 11) is -3.77. The van der Waals surface area contributed by atoms with E-state index in [0.29, 0.717) is 0 Å². The van der Waals surface area contributed by atoms with Gasteiger partial charge in [-0.25, -0.2) is 8.42 Å². The molecule has 1 atom stereocenters. The number of nitrogens with one attached hydrogen (secondary N) is 1. The predicted molar refractivity (Wildman–Crippen MR) is 116 cm³/mol. The molecule has 2 aromatic rings. The van der Waals surface area contributed by atoms with Crippen LogP contribution in [0.5, 0.6) is 0 Å². The number of hydrogen-bond acceptors (Lipinski definition) is 3. The maximum atomic E-state index is 12.4. The van der Waals surface area contributed by atoms with Crippen molar-refractivity contribution in [3.63, 3.8) is 0 Å². The lowest BCUT2D eigenvalue weighted by molar-refractivity contribution is -0.120. The Morgan fingerprint density at radius 3 is 2.29 bits per heavy atom. The number of amides is 1. The van der Waals surface area contributed by atoms with Crippen molar-refractivity contribution in [1.82, 2.24) is 5.32 Å². The molecule has 0 fully saturated rings. The normalized spacial score (nSPS) is 12.5. The smallest absolute Gasteiger partial charge is 0.240 e. The van der Waals surface area contributed by atoms with Crippen molar-refractivity contribution in [2.24, 2.45) is 0 Å². The molecule has 0 bridgehead atoms. The lowest BCUT2D eigenvalue weighted by atomic mass is 10.1. The topological polar surface area (TPSA) is 66.5 Å². The predicted octanol–water partition coefficient (Wildman–Crippen LogP) is 4.55. The van der Waals surface area contributed by atoms with Crippen LogP contribution in [0.1, 0.15) is 18.9 Å². The number of benzene rings is 2. The van der Waals surface area contributed by atoms with E-state index < -0.39 is 22.5 Å². The van der Waals surface area contributed by atoms with Crippen molar-refractivity contribution < 1.29 is 13.2 Å². The third kappa shape index (κ3) is 6.55. The first kappa shape index (κ1) is 22.8. The molecule has 1 N–H and O–H groups in total. The van der Waals surface area contributed by atoms with Crippen molar-refractivity contribution >= 4 is 56.4 Å². The molecule has 0 radical (unpaired) electrons. The second-order valence-corrected chi connectivity index (χ2v) is 9.61. The second-order valence-electron chi connectivity index (χ2n) is 6.48. The van der Waals surface area contributed by atoms with Gasteiger partial charge in [-0.15, -0.1) is 0 Å². The van der Waals surface area contributed by atoms with E-state index in [9.17, 15) is 13.2 Å². The molecule has 0 aliphatic heterocycles. The summed E-state index contributed by atoms with van der Waals surface area (Å²) in [5.41, 5.74) is 1.27. The van der Waals surface area contributed by atoms with E-state index in [1.165, 1.54) is 17.7 Å². The maximum absolute atomic E-state index is 12.4. The van der Waals surface area contributed by atoms with Crippen molar-refractivity contribution in [2.75, 3.05) is 17.1 Å². The fourth-order valence-corrected chi connectivity index (χ4v) is 4.19. The van der Waals surface area contributed by atoms with Crippen LogP contribution in [0.3, 0.4) is 0 Å². The van der Waals surface area contributed by atoms with E-state index in [-0.39, 0.29) is 26.8 Å². The number of anilines is 1. The number of aryl methyl sites for hydroxylation is 1. The molecule has 0 saturated carbocycles. The maximum Gasteiger partial charge on any atom is 0.240 e. The summed E-state index contributed by atoms with van der Waals surface area (Å²) >= 11 is 18.0. The van der Waals surface area contributed by atoms with Gasteiger partial charge in [0.1, 0.15) is 6.54 Å². The first-order chi connectivity index (χ1) is 13.1. The highest BCUT2D eigenvalue weighted by atomic mass is 35.5. The van der Waals surface area contributed by atoms with Crippen LogP contribution in [0, 0.1) is 0 Å². The standard InChI is InChI=1S/C19H21Cl3N2O3S/c1-13(8-9-14-6-4-3-5-7-14)23-19(25)12-24(28(2,26)27)18-11-16(21)15(20)10-17(18)22/h3-7,10-11,13H,8-9,12H2,1-2H3,(H,23,25)/t13-/m0/s1. The van der Waals surface area contributed by atoms with Crippen LogP contribution in [0.2, 0.25) is 15.1 Å². The molecule has 9 heteroatoms. The van der Waals surface area contributed by atoms with Crippen LogP contribution < -0.4 is 9.62 Å². The fraction of sp³-hybridized carbons (Fsp3) is 0.316. The van der Waals surface area contributed by atoms with Crippen LogP contribution in [0.15, 0.2) is 42.5 Å². The van der Waals surface area contributed by atoms with Gasteiger partial charge in [-0.2, -0.15) is 0 Å². The molecule has 5 nitrogen and oxygen atoms in total. The number of hydrogen-bond donors (Lipinski definition) is 1. The molecule has 28 heavy (non-hydrogen) atoms. The largest absolute Gasteiger partial charge is 0.352 e. The molecule has 0 aliphatic carbocycles. The van der Waals surface area contributed by atoms with Gasteiger partial charge in [-0.3, -0.25) is 9.10 Å². The van der Waals surface area contributed by atoms with Gasteiger partial charge in [-0.1, -0.05) is 65.1 Å². The zero-order chi connectivity index (χ0) is 20.9. The minimum Gasteiger partial charge on any atom is -0.352 e. The van der Waals surface area contributed by atoms with Crippen LogP contribution >= 0.6 is 34.8 Å². The van der Waals surface area contributed by atoms with Gasteiger partial charge in [-0.05, 0) is 37.5 Å². The molecule has 152 valence electrons. The van der Waals surface area contributed by atoms with Gasteiger partial charge in [0, 0.05) is 6.04 Å².